The lowest BCUT2D eigenvalue weighted by atomic mass is 10.3. The van der Waals surface area contributed by atoms with E-state index in [1.54, 1.807) is 0 Å². The van der Waals surface area contributed by atoms with Gasteiger partial charge in [0.25, 0.3) is 0 Å². The van der Waals surface area contributed by atoms with Gasteiger partial charge in [-0.25, -0.2) is 12.8 Å². The molecule has 3 nitrogen and oxygen atoms in total. The van der Waals surface area contributed by atoms with Gasteiger partial charge in [0, 0.05) is 6.42 Å². The molecule has 0 radical (unpaired) electrons. The molecule has 0 fully saturated rings. The minimum atomic E-state index is -3.54. The second-order valence-corrected chi connectivity index (χ2v) is 5.34. The van der Waals surface area contributed by atoms with Crippen molar-refractivity contribution in [2.75, 3.05) is 5.75 Å². The van der Waals surface area contributed by atoms with Crippen LogP contribution in [0.25, 0.3) is 0 Å². The summed E-state index contributed by atoms with van der Waals surface area (Å²) in [5.74, 6) is -1.07. The molecule has 0 aliphatic rings. The van der Waals surface area contributed by atoms with E-state index in [4.69, 9.17) is 0 Å². The number of hydrogen-bond donors (Lipinski definition) is 0. The minimum Gasteiger partial charge on any atom is -0.300 e. The zero-order valence-corrected chi connectivity index (χ0v) is 9.05. The lowest BCUT2D eigenvalue weighted by Gasteiger charge is -2.02. The maximum atomic E-state index is 12.8. The maximum Gasteiger partial charge on any atom is 0.178 e. The lowest BCUT2D eigenvalue weighted by Crippen LogP contribution is -2.09. The summed E-state index contributed by atoms with van der Waals surface area (Å²) in [6, 6.07) is 4.77. The summed E-state index contributed by atoms with van der Waals surface area (Å²) in [5, 5.41) is 0. The summed E-state index contributed by atoms with van der Waals surface area (Å²) in [6.07, 6.45) is -0.0428. The highest BCUT2D eigenvalue weighted by molar-refractivity contribution is 7.91. The Labute approximate surface area is 87.8 Å². The molecule has 1 rings (SSSR count). The van der Waals surface area contributed by atoms with Crippen molar-refractivity contribution < 1.29 is 17.6 Å². The first-order valence-corrected chi connectivity index (χ1v) is 6.05. The van der Waals surface area contributed by atoms with Crippen LogP contribution in [0.2, 0.25) is 0 Å². The quantitative estimate of drug-likeness (QED) is 0.789. The highest BCUT2D eigenvalue weighted by atomic mass is 32.2. The molecule has 0 aliphatic heterocycles. The van der Waals surface area contributed by atoms with Crippen molar-refractivity contribution in [2.45, 2.75) is 18.2 Å². The van der Waals surface area contributed by atoms with Gasteiger partial charge in [0.15, 0.2) is 9.84 Å². The zero-order valence-electron chi connectivity index (χ0n) is 8.23. The van der Waals surface area contributed by atoms with Gasteiger partial charge in [-0.2, -0.15) is 0 Å². The van der Waals surface area contributed by atoms with Gasteiger partial charge in [-0.15, -0.1) is 0 Å². The highest BCUT2D eigenvalue weighted by Gasteiger charge is 2.15. The molecule has 82 valence electrons. The van der Waals surface area contributed by atoms with Gasteiger partial charge in [0.05, 0.1) is 10.6 Å². The van der Waals surface area contributed by atoms with E-state index in [1.807, 2.05) is 0 Å². The van der Waals surface area contributed by atoms with Gasteiger partial charge < -0.3 is 0 Å². The summed E-state index contributed by atoms with van der Waals surface area (Å²) in [4.78, 5) is 10.6. The summed E-state index contributed by atoms with van der Waals surface area (Å²) >= 11 is 0. The van der Waals surface area contributed by atoms with E-state index in [1.165, 1.54) is 25.1 Å². The number of sulfone groups is 1. The van der Waals surface area contributed by atoms with E-state index in [2.05, 4.69) is 0 Å². The summed E-state index contributed by atoms with van der Waals surface area (Å²) in [6.45, 7) is 1.32. The van der Waals surface area contributed by atoms with E-state index in [-0.39, 0.29) is 22.9 Å². The Morgan fingerprint density at radius 2 is 2.07 bits per heavy atom. The van der Waals surface area contributed by atoms with Crippen LogP contribution in [0.5, 0.6) is 0 Å². The number of benzene rings is 1. The van der Waals surface area contributed by atoms with E-state index in [0.717, 1.165) is 6.07 Å². The van der Waals surface area contributed by atoms with Gasteiger partial charge >= 0.3 is 0 Å². The van der Waals surface area contributed by atoms with E-state index in [9.17, 15) is 17.6 Å². The van der Waals surface area contributed by atoms with Crippen LogP contribution in [0.3, 0.4) is 0 Å². The third-order valence-corrected chi connectivity index (χ3v) is 3.59. The maximum absolute atomic E-state index is 12.8. The number of hydrogen-bond acceptors (Lipinski definition) is 3. The Morgan fingerprint density at radius 1 is 1.40 bits per heavy atom. The number of ketones is 1. The molecule has 0 saturated heterocycles. The Balaban J connectivity index is 2.91. The van der Waals surface area contributed by atoms with Crippen LogP contribution in [0, 0.1) is 5.82 Å². The molecule has 0 amide bonds. The van der Waals surface area contributed by atoms with Crippen LogP contribution in [0.15, 0.2) is 29.2 Å². The Kier molecular flexibility index (Phi) is 3.57. The smallest absolute Gasteiger partial charge is 0.178 e. The van der Waals surface area contributed by atoms with Gasteiger partial charge in [0.2, 0.25) is 0 Å². The number of halogens is 1. The van der Waals surface area contributed by atoms with Gasteiger partial charge in [-0.1, -0.05) is 6.07 Å². The first-order valence-electron chi connectivity index (χ1n) is 4.39. The highest BCUT2D eigenvalue weighted by Crippen LogP contribution is 2.13. The first kappa shape index (κ1) is 11.8. The molecule has 5 heteroatoms. The Bertz CT molecular complexity index is 465. The second-order valence-electron chi connectivity index (χ2n) is 3.23. The zero-order chi connectivity index (χ0) is 11.5. The largest absolute Gasteiger partial charge is 0.300 e. The van der Waals surface area contributed by atoms with Crippen molar-refractivity contribution >= 4 is 15.6 Å². The average Bonchev–Trinajstić information content (AvgIpc) is 2.15. The molecule has 0 N–H and O–H groups in total. The first-order chi connectivity index (χ1) is 6.92. The third kappa shape index (κ3) is 3.43. The molecular formula is C10H11FO3S. The van der Waals surface area contributed by atoms with E-state index in [0.29, 0.717) is 0 Å². The van der Waals surface area contributed by atoms with Crippen LogP contribution in [0.4, 0.5) is 4.39 Å². The molecular weight excluding hydrogens is 219 g/mol. The second kappa shape index (κ2) is 4.53. The molecule has 1 aromatic carbocycles. The Hall–Kier alpha value is -1.23. The molecule has 0 unspecified atom stereocenters. The fourth-order valence-electron chi connectivity index (χ4n) is 1.06. The van der Waals surface area contributed by atoms with Gasteiger partial charge in [-0.05, 0) is 25.1 Å². The predicted molar refractivity (Wildman–Crippen MR) is 53.8 cm³/mol. The Morgan fingerprint density at radius 3 is 2.60 bits per heavy atom. The normalized spacial score (nSPS) is 11.3. The molecule has 0 heterocycles. The van der Waals surface area contributed by atoms with Gasteiger partial charge in [0.1, 0.15) is 11.6 Å². The van der Waals surface area contributed by atoms with Crippen molar-refractivity contribution in [2.24, 2.45) is 0 Å². The predicted octanol–water partition coefficient (Wildman–Crippen LogP) is 1.58. The van der Waals surface area contributed by atoms with Crippen molar-refractivity contribution in [1.82, 2.24) is 0 Å². The molecule has 0 aliphatic carbocycles. The molecule has 1 aromatic rings. The average molecular weight is 230 g/mol. The van der Waals surface area contributed by atoms with Crippen LogP contribution >= 0.6 is 0 Å². The number of rotatable bonds is 4. The third-order valence-electron chi connectivity index (χ3n) is 1.88. The monoisotopic (exact) mass is 230 g/mol. The van der Waals surface area contributed by atoms with Crippen molar-refractivity contribution in [3.8, 4) is 0 Å². The molecule has 0 spiro atoms. The number of carbonyl (C=O) groups is 1. The molecule has 15 heavy (non-hydrogen) atoms. The van der Waals surface area contributed by atoms with Crippen molar-refractivity contribution in [3.05, 3.63) is 30.1 Å². The standard InChI is InChI=1S/C10H11FO3S/c1-8(12)5-6-15(13,14)10-4-2-3-9(11)7-10/h2-4,7H,5-6H2,1H3. The van der Waals surface area contributed by atoms with Gasteiger partial charge in [-0.3, -0.25) is 4.79 Å². The number of carbonyl (C=O) groups excluding carboxylic acids is 1. The fraction of sp³-hybridized carbons (Fsp3) is 0.300. The summed E-state index contributed by atoms with van der Waals surface area (Å²) in [5.41, 5.74) is 0. The van der Waals surface area contributed by atoms with E-state index < -0.39 is 15.7 Å². The summed E-state index contributed by atoms with van der Waals surface area (Å²) < 4.78 is 35.9. The summed E-state index contributed by atoms with van der Waals surface area (Å²) in [7, 11) is -3.54. The van der Waals surface area contributed by atoms with Crippen molar-refractivity contribution in [1.29, 1.82) is 0 Å². The lowest BCUT2D eigenvalue weighted by molar-refractivity contribution is -0.116. The molecule has 0 saturated carbocycles. The van der Waals surface area contributed by atoms with Crippen LogP contribution < -0.4 is 0 Å². The fourth-order valence-corrected chi connectivity index (χ4v) is 2.43. The molecule has 0 bridgehead atoms. The van der Waals surface area contributed by atoms with Crippen molar-refractivity contribution in [3.63, 3.8) is 0 Å². The van der Waals surface area contributed by atoms with Crippen LogP contribution in [0.1, 0.15) is 13.3 Å². The molecule has 0 atom stereocenters. The van der Waals surface area contributed by atoms with Crippen LogP contribution in [-0.2, 0) is 14.6 Å². The SMILES string of the molecule is CC(=O)CCS(=O)(=O)c1cccc(F)c1. The molecule has 0 aromatic heterocycles. The van der Waals surface area contributed by atoms with E-state index >= 15 is 0 Å². The number of Topliss-reactive ketones (excluding diaryl/α,β-unsaturated/α-hetero) is 1. The van der Waals surface area contributed by atoms with Crippen LogP contribution in [-0.4, -0.2) is 20.0 Å². The topological polar surface area (TPSA) is 51.2 Å². The minimum absolute atomic E-state index is 0.0428.